The van der Waals surface area contributed by atoms with E-state index in [9.17, 15) is 24.3 Å². The Labute approximate surface area is 228 Å². The van der Waals surface area contributed by atoms with Crippen molar-refractivity contribution in [1.82, 2.24) is 10.6 Å². The Balaban J connectivity index is 0. The number of unbranched alkanes of at least 4 members (excludes halogenated alkanes) is 13. The molecule has 0 rings (SSSR count). The number of thiol groups is 1. The summed E-state index contributed by atoms with van der Waals surface area (Å²) in [6.07, 6.45) is 16.3. The Bertz CT molecular complexity index is 630. The molecular weight excluding hydrogens is 496 g/mol. The Morgan fingerprint density at radius 2 is 1.00 bits per heavy atom. The Hall–Kier alpha value is -2.10. The largest absolute Gasteiger partial charge is 0.481 e. The van der Waals surface area contributed by atoms with Crippen LogP contribution in [0.15, 0.2) is 0 Å². The van der Waals surface area contributed by atoms with Gasteiger partial charge < -0.3 is 20.8 Å². The summed E-state index contributed by atoms with van der Waals surface area (Å²) < 4.78 is 0. The molecule has 1 atom stereocenters. The zero-order valence-corrected chi connectivity index (χ0v) is 23.7. The summed E-state index contributed by atoms with van der Waals surface area (Å²) in [5.41, 5.74) is 0.444. The van der Waals surface area contributed by atoms with Crippen molar-refractivity contribution in [2.75, 3.05) is 0 Å². The quantitative estimate of drug-likeness (QED) is 0.0663. The van der Waals surface area contributed by atoms with Gasteiger partial charge in [0.05, 0.1) is 0 Å². The summed E-state index contributed by atoms with van der Waals surface area (Å²) in [6, 6.07) is -1.02. The van der Waals surface area contributed by atoms with Crippen molar-refractivity contribution < 1.29 is 34.2 Å². The summed E-state index contributed by atoms with van der Waals surface area (Å²) in [4.78, 5) is 54.2. The molecule has 4 N–H and O–H groups in total. The number of rotatable bonds is 23. The Morgan fingerprint density at radius 1 is 0.649 bits per heavy atom. The maximum absolute atomic E-state index is 12.0. The second kappa shape index (κ2) is 26.9. The maximum atomic E-state index is 12.0. The van der Waals surface area contributed by atoms with Crippen molar-refractivity contribution in [2.45, 2.75) is 142 Å². The molecule has 37 heavy (non-hydrogen) atoms. The number of aliphatic carboxylic acids is 2. The number of hydrogen-bond acceptors (Lipinski definition) is 5. The zero-order valence-electron chi connectivity index (χ0n) is 22.8. The molecule has 0 saturated carbocycles. The lowest BCUT2D eigenvalue weighted by Crippen LogP contribution is -2.42. The molecule has 2 amide bonds. The van der Waals surface area contributed by atoms with Gasteiger partial charge in [-0.1, -0.05) is 77.0 Å². The van der Waals surface area contributed by atoms with Crippen LogP contribution in [0.1, 0.15) is 129 Å². The third-order valence-corrected chi connectivity index (χ3v) is 5.79. The van der Waals surface area contributed by atoms with Gasteiger partial charge in [-0.05, 0) is 33.1 Å². The molecule has 0 aromatic heterocycles. The minimum absolute atomic E-state index is 0.00421. The van der Waals surface area contributed by atoms with Gasteiger partial charge in [0.15, 0.2) is 5.62 Å². The molecule has 0 aliphatic carbocycles. The van der Waals surface area contributed by atoms with Gasteiger partial charge in [0, 0.05) is 25.3 Å². The van der Waals surface area contributed by atoms with Gasteiger partial charge in [0.2, 0.25) is 11.8 Å². The number of amides is 2. The molecule has 0 heterocycles. The van der Waals surface area contributed by atoms with E-state index in [1.54, 1.807) is 0 Å². The fraction of sp³-hybridized carbons (Fsp3) is 0.815. The topological polar surface area (TPSA) is 150 Å². The predicted molar refractivity (Wildman–Crippen MR) is 149 cm³/mol. The first-order valence-corrected chi connectivity index (χ1v) is 14.3. The monoisotopic (exact) mass is 546 g/mol. The second-order valence-corrected chi connectivity index (χ2v) is 9.88. The lowest BCUT2D eigenvalue weighted by atomic mass is 10.0. The van der Waals surface area contributed by atoms with Gasteiger partial charge in [-0.15, -0.1) is 12.6 Å². The van der Waals surface area contributed by atoms with Gasteiger partial charge in [-0.25, -0.2) is 4.79 Å². The third kappa shape index (κ3) is 30.0. The SMILES string of the molecule is CC(C)NC(=O)CC[C@H](NC(=O)CCCCCCCCCCCCCCCCC(=O)O)C(=O)O.O=CS. The maximum Gasteiger partial charge on any atom is 0.326 e. The van der Waals surface area contributed by atoms with E-state index >= 15 is 0 Å². The lowest BCUT2D eigenvalue weighted by molar-refractivity contribution is -0.142. The lowest BCUT2D eigenvalue weighted by Gasteiger charge is -2.15. The number of carbonyl (C=O) groups is 5. The van der Waals surface area contributed by atoms with Crippen LogP contribution in [-0.2, 0) is 24.0 Å². The highest BCUT2D eigenvalue weighted by atomic mass is 32.1. The van der Waals surface area contributed by atoms with Crippen LogP contribution < -0.4 is 10.6 Å². The first-order valence-electron chi connectivity index (χ1n) is 13.7. The summed E-state index contributed by atoms with van der Waals surface area (Å²) >= 11 is 3.11. The van der Waals surface area contributed by atoms with Gasteiger partial charge in [0.1, 0.15) is 6.04 Å². The van der Waals surface area contributed by atoms with E-state index < -0.39 is 18.0 Å². The zero-order chi connectivity index (χ0) is 28.3. The first-order chi connectivity index (χ1) is 17.6. The molecule has 0 radical (unpaired) electrons. The Kier molecular flexibility index (Phi) is 27.0. The van der Waals surface area contributed by atoms with Gasteiger partial charge in [-0.3, -0.25) is 19.2 Å². The predicted octanol–water partition coefficient (Wildman–Crippen LogP) is 5.29. The standard InChI is InChI=1S/C26H48N2O6.CH2OS/c1-21(2)27-24(30)20-19-22(26(33)34)28-23(29)17-15-13-11-9-7-5-3-4-6-8-10-12-14-16-18-25(31)32;2-1-3/h21-22H,3-20H2,1-2H3,(H,27,30)(H,28,29)(H,31,32)(H,33,34);1H,(H,2,3)/t22-;/m0./s1. The van der Waals surface area contributed by atoms with Crippen molar-refractivity contribution in [1.29, 1.82) is 0 Å². The molecular formula is C27H50N2O7S. The average Bonchev–Trinajstić information content (AvgIpc) is 2.81. The number of carboxylic acid groups (broad SMARTS) is 2. The van der Waals surface area contributed by atoms with E-state index in [1.165, 1.54) is 44.9 Å². The number of carboxylic acids is 2. The van der Waals surface area contributed by atoms with Crippen LogP contribution in [0.4, 0.5) is 0 Å². The number of nitrogens with one attached hydrogen (secondary N) is 2. The van der Waals surface area contributed by atoms with Crippen LogP contribution in [-0.4, -0.2) is 51.7 Å². The van der Waals surface area contributed by atoms with Crippen molar-refractivity contribution >= 4 is 42.0 Å². The molecule has 0 aromatic rings. The molecule has 0 unspecified atom stereocenters. The van der Waals surface area contributed by atoms with Crippen molar-refractivity contribution in [2.24, 2.45) is 0 Å². The van der Waals surface area contributed by atoms with Crippen molar-refractivity contribution in [3.8, 4) is 0 Å². The smallest absolute Gasteiger partial charge is 0.326 e. The summed E-state index contributed by atoms with van der Waals surface area (Å²) in [7, 11) is 0. The highest BCUT2D eigenvalue weighted by Crippen LogP contribution is 2.14. The van der Waals surface area contributed by atoms with E-state index in [0.29, 0.717) is 18.5 Å². The van der Waals surface area contributed by atoms with E-state index in [2.05, 4.69) is 23.3 Å². The molecule has 0 aromatic carbocycles. The third-order valence-electron chi connectivity index (χ3n) is 5.79. The number of carbonyl (C=O) groups excluding carboxylic acids is 3. The fourth-order valence-corrected chi connectivity index (χ4v) is 3.88. The molecule has 10 heteroatoms. The molecule has 0 aliphatic heterocycles. The van der Waals surface area contributed by atoms with E-state index in [1.807, 2.05) is 13.8 Å². The second-order valence-electron chi connectivity index (χ2n) is 9.67. The van der Waals surface area contributed by atoms with Gasteiger partial charge in [-0.2, -0.15) is 0 Å². The van der Waals surface area contributed by atoms with Crippen LogP contribution in [0.2, 0.25) is 0 Å². The van der Waals surface area contributed by atoms with E-state index in [0.717, 1.165) is 44.9 Å². The minimum Gasteiger partial charge on any atom is -0.481 e. The molecule has 0 fully saturated rings. The van der Waals surface area contributed by atoms with Crippen LogP contribution >= 0.6 is 12.6 Å². The first kappa shape index (κ1) is 37.1. The molecule has 0 saturated heterocycles. The molecule has 0 bridgehead atoms. The normalized spacial score (nSPS) is 11.2. The van der Waals surface area contributed by atoms with Crippen LogP contribution in [0.25, 0.3) is 0 Å². The van der Waals surface area contributed by atoms with E-state index in [-0.39, 0.29) is 30.7 Å². The van der Waals surface area contributed by atoms with E-state index in [4.69, 9.17) is 9.90 Å². The Morgan fingerprint density at radius 3 is 1.35 bits per heavy atom. The van der Waals surface area contributed by atoms with Gasteiger partial charge in [0.25, 0.3) is 0 Å². The molecule has 216 valence electrons. The highest BCUT2D eigenvalue weighted by Gasteiger charge is 2.20. The molecule has 9 nitrogen and oxygen atoms in total. The molecule has 0 aliphatic rings. The number of hydrogen-bond donors (Lipinski definition) is 5. The summed E-state index contributed by atoms with van der Waals surface area (Å²) in [6.45, 7) is 3.68. The van der Waals surface area contributed by atoms with Crippen LogP contribution in [0, 0.1) is 0 Å². The minimum atomic E-state index is -1.11. The van der Waals surface area contributed by atoms with Crippen LogP contribution in [0.3, 0.4) is 0 Å². The van der Waals surface area contributed by atoms with Crippen LogP contribution in [0.5, 0.6) is 0 Å². The summed E-state index contributed by atoms with van der Waals surface area (Å²) in [5, 5.41) is 23.1. The van der Waals surface area contributed by atoms with Crippen molar-refractivity contribution in [3.05, 3.63) is 0 Å². The highest BCUT2D eigenvalue weighted by molar-refractivity contribution is 7.94. The van der Waals surface area contributed by atoms with Gasteiger partial charge >= 0.3 is 11.9 Å². The van der Waals surface area contributed by atoms with Crippen molar-refractivity contribution in [3.63, 3.8) is 0 Å². The average molecular weight is 547 g/mol. The summed E-state index contributed by atoms with van der Waals surface area (Å²) in [5.74, 6) is -2.28. The fourth-order valence-electron chi connectivity index (χ4n) is 3.88. The molecule has 0 spiro atoms.